The maximum absolute atomic E-state index is 6.75. The molecule has 1 heterocycles. The Bertz CT molecular complexity index is 617. The molecule has 2 rings (SSSR count). The largest absolute Gasteiger partial charge is 0.517 e. The van der Waals surface area contributed by atoms with Gasteiger partial charge in [-0.3, -0.25) is 0 Å². The van der Waals surface area contributed by atoms with Gasteiger partial charge in [-0.2, -0.15) is 0 Å². The molecule has 0 saturated heterocycles. The van der Waals surface area contributed by atoms with Crippen molar-refractivity contribution in [2.45, 2.75) is 76.7 Å². The van der Waals surface area contributed by atoms with E-state index in [0.29, 0.717) is 22.6 Å². The molecular weight excluding hydrogens is 350 g/mol. The lowest BCUT2D eigenvalue weighted by Crippen LogP contribution is -2.50. The lowest BCUT2D eigenvalue weighted by molar-refractivity contribution is -0.00954. The summed E-state index contributed by atoms with van der Waals surface area (Å²) < 4.78 is 13.1. The molecule has 0 unspecified atom stereocenters. The lowest BCUT2D eigenvalue weighted by Gasteiger charge is -2.45. The van der Waals surface area contributed by atoms with Crippen molar-refractivity contribution in [1.29, 1.82) is 0 Å². The molecule has 3 nitrogen and oxygen atoms in total. The highest BCUT2D eigenvalue weighted by Gasteiger charge is 2.48. The molecule has 1 aliphatic heterocycles. The van der Waals surface area contributed by atoms with E-state index in [9.17, 15) is 0 Å². The number of ether oxygens (including phenoxy) is 1. The van der Waals surface area contributed by atoms with Crippen LogP contribution in [-0.4, -0.2) is 32.4 Å². The third-order valence-electron chi connectivity index (χ3n) is 5.97. The third-order valence-corrected chi connectivity index (χ3v) is 11.9. The van der Waals surface area contributed by atoms with Crippen molar-refractivity contribution < 1.29 is 9.16 Å². The lowest BCUT2D eigenvalue weighted by atomic mass is 9.99. The fourth-order valence-corrected chi connectivity index (χ4v) is 9.79. The van der Waals surface area contributed by atoms with E-state index in [1.54, 1.807) is 0 Å². The molecule has 0 bridgehead atoms. The first-order valence-corrected chi connectivity index (χ1v) is 12.3. The van der Waals surface area contributed by atoms with Crippen molar-refractivity contribution in [3.63, 3.8) is 0 Å². The quantitative estimate of drug-likeness (QED) is 0.397. The molecule has 0 aliphatic carbocycles. The first kappa shape index (κ1) is 21.6. The van der Waals surface area contributed by atoms with Crippen LogP contribution < -0.4 is 0 Å². The Kier molecular flexibility index (Phi) is 7.21. The fraction of sp³-hybridized carbons (Fsp3) is 0.565. The summed E-state index contributed by atoms with van der Waals surface area (Å²) in [5, 5.41) is 0. The molecule has 0 spiro atoms. The molecule has 27 heavy (non-hydrogen) atoms. The van der Waals surface area contributed by atoms with Crippen molar-refractivity contribution in [3.8, 4) is 0 Å². The van der Waals surface area contributed by atoms with Gasteiger partial charge in [0, 0.05) is 7.05 Å². The zero-order valence-electron chi connectivity index (χ0n) is 18.1. The number of hydrogen-bond donors (Lipinski definition) is 0. The highest BCUT2D eigenvalue weighted by atomic mass is 28.4. The van der Waals surface area contributed by atoms with E-state index < -0.39 is 8.32 Å². The summed E-state index contributed by atoms with van der Waals surface area (Å²) in [6, 6.07) is 10.8. The fourth-order valence-electron chi connectivity index (χ4n) is 4.64. The van der Waals surface area contributed by atoms with Crippen molar-refractivity contribution in [1.82, 2.24) is 4.90 Å². The zero-order valence-corrected chi connectivity index (χ0v) is 19.1. The van der Waals surface area contributed by atoms with E-state index in [1.807, 2.05) is 12.3 Å². The minimum Gasteiger partial charge on any atom is -0.517 e. The molecule has 0 fully saturated rings. The summed E-state index contributed by atoms with van der Waals surface area (Å²) in [6.45, 7) is 17.8. The summed E-state index contributed by atoms with van der Waals surface area (Å²) in [6.07, 6.45) is 4.78. The number of benzene rings is 1. The van der Waals surface area contributed by atoms with Gasteiger partial charge in [0.25, 0.3) is 14.3 Å². The highest BCUT2D eigenvalue weighted by molar-refractivity contribution is 6.77. The van der Waals surface area contributed by atoms with E-state index in [-0.39, 0.29) is 12.1 Å². The molecule has 1 aliphatic rings. The van der Waals surface area contributed by atoms with Crippen LogP contribution in [-0.2, 0) is 15.6 Å². The van der Waals surface area contributed by atoms with Crippen LogP contribution in [0.4, 0.5) is 0 Å². The molecule has 0 aromatic heterocycles. The Morgan fingerprint density at radius 3 is 2.11 bits per heavy atom. The van der Waals surface area contributed by atoms with E-state index in [1.165, 1.54) is 5.56 Å². The standard InChI is InChI=1S/C23H37NO2Si/c1-9-22-21(15-20-13-11-10-12-14-20)24(8)16-23(25-22)26-27(17(2)3,18(4)5)19(6)7/h9-14,16-19,21-22H,1,15H2,2-8H3/t21-,22-/m0/s1. The molecule has 0 N–H and O–H groups in total. The van der Waals surface area contributed by atoms with Gasteiger partial charge in [-0.15, -0.1) is 0 Å². The van der Waals surface area contributed by atoms with E-state index in [0.717, 1.165) is 6.42 Å². The van der Waals surface area contributed by atoms with Gasteiger partial charge in [0.15, 0.2) is 0 Å². The van der Waals surface area contributed by atoms with Crippen LogP contribution in [0.1, 0.15) is 47.1 Å². The van der Waals surface area contributed by atoms with Gasteiger partial charge in [0.2, 0.25) is 0 Å². The average Bonchev–Trinajstić information content (AvgIpc) is 2.61. The van der Waals surface area contributed by atoms with Gasteiger partial charge in [-0.05, 0) is 34.7 Å². The van der Waals surface area contributed by atoms with Crippen LogP contribution in [0.5, 0.6) is 0 Å². The second kappa shape index (κ2) is 9.00. The normalized spacial score (nSPS) is 20.7. The first-order valence-electron chi connectivity index (χ1n) is 10.2. The van der Waals surface area contributed by atoms with E-state index >= 15 is 0 Å². The van der Waals surface area contributed by atoms with Crippen molar-refractivity contribution in [2.24, 2.45) is 0 Å². The molecule has 150 valence electrons. The Labute approximate surface area is 167 Å². The maximum atomic E-state index is 6.75. The van der Waals surface area contributed by atoms with Gasteiger partial charge in [0.05, 0.1) is 12.2 Å². The smallest absolute Gasteiger partial charge is 0.282 e. The minimum absolute atomic E-state index is 0.0895. The second-order valence-corrected chi connectivity index (χ2v) is 14.0. The Balaban J connectivity index is 2.26. The SMILES string of the molecule is C=C[C@@H]1OC(O[Si](C(C)C)(C(C)C)C(C)C)=CN(C)[C@H]1Cc1ccccc1. The van der Waals surface area contributed by atoms with Gasteiger partial charge in [-0.1, -0.05) is 78.5 Å². The molecule has 1 aromatic rings. The first-order chi connectivity index (χ1) is 12.7. The molecule has 2 atom stereocenters. The van der Waals surface area contributed by atoms with Gasteiger partial charge >= 0.3 is 0 Å². The van der Waals surface area contributed by atoms with Gasteiger partial charge < -0.3 is 14.1 Å². The zero-order chi connectivity index (χ0) is 20.2. The predicted octanol–water partition coefficient (Wildman–Crippen LogP) is 6.11. The Morgan fingerprint density at radius 2 is 1.63 bits per heavy atom. The summed E-state index contributed by atoms with van der Waals surface area (Å²) in [5.74, 6) is 0.662. The van der Waals surface area contributed by atoms with Crippen LogP contribution in [0.15, 0.2) is 55.1 Å². The Hall–Kier alpha value is -1.68. The number of rotatable bonds is 8. The molecule has 1 aromatic carbocycles. The minimum atomic E-state index is -2.04. The van der Waals surface area contributed by atoms with Crippen molar-refractivity contribution in [2.75, 3.05) is 7.05 Å². The third kappa shape index (κ3) is 4.60. The molecule has 0 saturated carbocycles. The summed E-state index contributed by atoms with van der Waals surface area (Å²) >= 11 is 0. The van der Waals surface area contributed by atoms with Gasteiger partial charge in [-0.25, -0.2) is 0 Å². The maximum Gasteiger partial charge on any atom is 0.282 e. The Morgan fingerprint density at radius 1 is 1.07 bits per heavy atom. The average molecular weight is 388 g/mol. The van der Waals surface area contributed by atoms with Crippen LogP contribution in [0.3, 0.4) is 0 Å². The number of nitrogens with zero attached hydrogens (tertiary/aromatic N) is 1. The summed E-state index contributed by atoms with van der Waals surface area (Å²) in [7, 11) is 0.0731. The molecule has 4 heteroatoms. The van der Waals surface area contributed by atoms with Crippen molar-refractivity contribution >= 4 is 8.32 Å². The summed E-state index contributed by atoms with van der Waals surface area (Å²) in [4.78, 5) is 2.23. The summed E-state index contributed by atoms with van der Waals surface area (Å²) in [5.41, 5.74) is 2.84. The molecule has 0 amide bonds. The topological polar surface area (TPSA) is 21.7 Å². The highest BCUT2D eigenvalue weighted by Crippen LogP contribution is 2.44. The second-order valence-electron chi connectivity index (χ2n) is 8.61. The van der Waals surface area contributed by atoms with Crippen LogP contribution in [0.2, 0.25) is 16.6 Å². The number of hydrogen-bond acceptors (Lipinski definition) is 3. The van der Waals surface area contributed by atoms with Crippen LogP contribution in [0.25, 0.3) is 0 Å². The predicted molar refractivity (Wildman–Crippen MR) is 117 cm³/mol. The van der Waals surface area contributed by atoms with E-state index in [2.05, 4.69) is 90.4 Å². The van der Waals surface area contributed by atoms with Crippen LogP contribution in [0, 0.1) is 0 Å². The van der Waals surface area contributed by atoms with Crippen LogP contribution >= 0.6 is 0 Å². The monoisotopic (exact) mass is 387 g/mol. The van der Waals surface area contributed by atoms with Gasteiger partial charge in [0.1, 0.15) is 6.10 Å². The van der Waals surface area contributed by atoms with E-state index in [4.69, 9.17) is 9.16 Å². The number of likely N-dealkylation sites (N-methyl/N-ethyl adjacent to an activating group) is 1. The van der Waals surface area contributed by atoms with Crippen molar-refractivity contribution in [3.05, 3.63) is 60.7 Å². The molecular formula is C23H37NO2Si. The molecule has 0 radical (unpaired) electrons.